The number of benzene rings is 2. The van der Waals surface area contributed by atoms with Crippen LogP contribution in [0.15, 0.2) is 59.5 Å². The summed E-state index contributed by atoms with van der Waals surface area (Å²) in [5.74, 6) is -0.434. The molecule has 0 amide bonds. The van der Waals surface area contributed by atoms with Gasteiger partial charge in [-0.2, -0.15) is 0 Å². The first-order valence-electron chi connectivity index (χ1n) is 6.21. The standard InChI is InChI=1S/C15H15NO4S/c1-20-12-7-9-13(10-8-12)21(19)16-14(15(17)18)11-5-3-2-4-6-11/h2-10,14,16H,1H3,(H,17,18). The third kappa shape index (κ3) is 3.90. The molecule has 6 heteroatoms. The zero-order valence-corrected chi connectivity index (χ0v) is 12.2. The summed E-state index contributed by atoms with van der Waals surface area (Å²) in [7, 11) is -0.0894. The maximum absolute atomic E-state index is 12.2. The molecule has 2 unspecified atom stereocenters. The molecule has 0 bridgehead atoms. The zero-order chi connectivity index (χ0) is 15.2. The van der Waals surface area contributed by atoms with Gasteiger partial charge < -0.3 is 9.84 Å². The number of rotatable bonds is 6. The molecule has 2 aromatic rings. The Bertz CT molecular complexity index is 628. The van der Waals surface area contributed by atoms with Gasteiger partial charge in [0, 0.05) is 0 Å². The average Bonchev–Trinajstić information content (AvgIpc) is 2.53. The lowest BCUT2D eigenvalue weighted by molar-refractivity contribution is -0.139. The van der Waals surface area contributed by atoms with E-state index in [0.29, 0.717) is 16.2 Å². The second-order valence-corrected chi connectivity index (χ2v) is 5.49. The van der Waals surface area contributed by atoms with Gasteiger partial charge in [0.05, 0.1) is 12.0 Å². The molecule has 2 atom stereocenters. The molecular formula is C15H15NO4S. The van der Waals surface area contributed by atoms with Gasteiger partial charge in [0.2, 0.25) is 0 Å². The topological polar surface area (TPSA) is 75.6 Å². The fourth-order valence-corrected chi connectivity index (χ4v) is 2.75. The predicted octanol–water partition coefficient (Wildman–Crippen LogP) is 2.13. The van der Waals surface area contributed by atoms with E-state index in [-0.39, 0.29) is 0 Å². The van der Waals surface area contributed by atoms with Crippen molar-refractivity contribution in [3.8, 4) is 5.75 Å². The van der Waals surface area contributed by atoms with Crippen LogP contribution in [0.1, 0.15) is 11.6 Å². The Morgan fingerprint density at radius 3 is 2.29 bits per heavy atom. The van der Waals surface area contributed by atoms with Gasteiger partial charge in [0.25, 0.3) is 0 Å². The molecule has 0 saturated heterocycles. The van der Waals surface area contributed by atoms with Gasteiger partial charge in [0.15, 0.2) is 0 Å². The summed E-state index contributed by atoms with van der Waals surface area (Å²) in [5.41, 5.74) is 0.548. The van der Waals surface area contributed by atoms with Crippen molar-refractivity contribution in [3.63, 3.8) is 0 Å². The van der Waals surface area contributed by atoms with Gasteiger partial charge in [0.1, 0.15) is 22.8 Å². The minimum Gasteiger partial charge on any atom is -0.497 e. The monoisotopic (exact) mass is 305 g/mol. The van der Waals surface area contributed by atoms with Crippen molar-refractivity contribution in [2.45, 2.75) is 10.9 Å². The SMILES string of the molecule is COc1ccc(S(=O)NC(C(=O)O)c2ccccc2)cc1. The van der Waals surface area contributed by atoms with Gasteiger partial charge in [-0.1, -0.05) is 30.3 Å². The summed E-state index contributed by atoms with van der Waals surface area (Å²) in [6, 6.07) is 14.2. The molecule has 2 N–H and O–H groups in total. The maximum atomic E-state index is 12.2. The van der Waals surface area contributed by atoms with Crippen molar-refractivity contribution in [2.75, 3.05) is 7.11 Å². The molecule has 0 heterocycles. The molecule has 21 heavy (non-hydrogen) atoms. The van der Waals surface area contributed by atoms with Crippen molar-refractivity contribution >= 4 is 17.0 Å². The van der Waals surface area contributed by atoms with Crippen LogP contribution in [0.3, 0.4) is 0 Å². The Labute approximate surface area is 125 Å². The molecule has 0 aliphatic heterocycles. The Balaban J connectivity index is 2.16. The van der Waals surface area contributed by atoms with Gasteiger partial charge in [-0.05, 0) is 29.8 Å². The minimum absolute atomic E-state index is 0.484. The number of hydrogen-bond donors (Lipinski definition) is 2. The van der Waals surface area contributed by atoms with Gasteiger partial charge in [-0.25, -0.2) is 8.93 Å². The lowest BCUT2D eigenvalue weighted by atomic mass is 10.1. The van der Waals surface area contributed by atoms with Crippen LogP contribution < -0.4 is 9.46 Å². The number of hydrogen-bond acceptors (Lipinski definition) is 3. The van der Waals surface area contributed by atoms with E-state index in [0.717, 1.165) is 0 Å². The van der Waals surface area contributed by atoms with Crippen LogP contribution in [0, 0.1) is 0 Å². The summed E-state index contributed by atoms with van der Waals surface area (Å²) in [4.78, 5) is 11.8. The predicted molar refractivity (Wildman–Crippen MR) is 79.4 cm³/mol. The molecule has 110 valence electrons. The van der Waals surface area contributed by atoms with E-state index in [4.69, 9.17) is 4.74 Å². The van der Waals surface area contributed by atoms with E-state index in [1.807, 2.05) is 0 Å². The lowest BCUT2D eigenvalue weighted by Gasteiger charge is -2.14. The summed E-state index contributed by atoms with van der Waals surface area (Å²) < 4.78 is 19.9. The third-order valence-electron chi connectivity index (χ3n) is 2.88. The third-order valence-corrected chi connectivity index (χ3v) is 4.03. The van der Waals surface area contributed by atoms with E-state index >= 15 is 0 Å². The molecular weight excluding hydrogens is 290 g/mol. The van der Waals surface area contributed by atoms with Crippen molar-refractivity contribution < 1.29 is 18.8 Å². The average molecular weight is 305 g/mol. The smallest absolute Gasteiger partial charge is 0.326 e. The molecule has 2 rings (SSSR count). The Kier molecular flexibility index (Phi) is 5.08. The van der Waals surface area contributed by atoms with Crippen LogP contribution in [0.4, 0.5) is 0 Å². The molecule has 2 aromatic carbocycles. The highest BCUT2D eigenvalue weighted by Gasteiger charge is 2.22. The molecule has 0 radical (unpaired) electrons. The summed E-state index contributed by atoms with van der Waals surface area (Å²) >= 11 is 0. The molecule has 0 fully saturated rings. The van der Waals surface area contributed by atoms with Crippen LogP contribution in [0.2, 0.25) is 0 Å². The summed E-state index contributed by atoms with van der Waals surface area (Å²) in [6.07, 6.45) is 0. The highest BCUT2D eigenvalue weighted by atomic mass is 32.2. The first-order valence-corrected chi connectivity index (χ1v) is 7.36. The number of carbonyl (C=O) groups is 1. The van der Waals surface area contributed by atoms with E-state index in [1.165, 1.54) is 0 Å². The van der Waals surface area contributed by atoms with Gasteiger partial charge >= 0.3 is 5.97 Å². The molecule has 0 saturated carbocycles. The van der Waals surface area contributed by atoms with Crippen LogP contribution in [0.25, 0.3) is 0 Å². The largest absolute Gasteiger partial charge is 0.497 e. The second kappa shape index (κ2) is 7.01. The molecule has 5 nitrogen and oxygen atoms in total. The van der Waals surface area contributed by atoms with Gasteiger partial charge in [-0.15, -0.1) is 0 Å². The van der Waals surface area contributed by atoms with Crippen molar-refractivity contribution in [1.82, 2.24) is 4.72 Å². The van der Waals surface area contributed by atoms with E-state index in [9.17, 15) is 14.1 Å². The van der Waals surface area contributed by atoms with E-state index in [2.05, 4.69) is 4.72 Å². The van der Waals surface area contributed by atoms with Crippen molar-refractivity contribution in [1.29, 1.82) is 0 Å². The van der Waals surface area contributed by atoms with Crippen LogP contribution in [0.5, 0.6) is 5.75 Å². The fourth-order valence-electron chi connectivity index (χ4n) is 1.78. The van der Waals surface area contributed by atoms with Crippen LogP contribution >= 0.6 is 0 Å². The number of carboxylic acid groups (broad SMARTS) is 1. The molecule has 0 spiro atoms. The number of nitrogens with one attached hydrogen (secondary N) is 1. The second-order valence-electron chi connectivity index (χ2n) is 4.24. The summed E-state index contributed by atoms with van der Waals surface area (Å²) in [5, 5.41) is 9.29. The summed E-state index contributed by atoms with van der Waals surface area (Å²) in [6.45, 7) is 0. The number of methoxy groups -OCH3 is 1. The molecule has 0 aliphatic carbocycles. The normalized spacial score (nSPS) is 13.4. The van der Waals surface area contributed by atoms with Crippen molar-refractivity contribution in [3.05, 3.63) is 60.2 Å². The van der Waals surface area contributed by atoms with Gasteiger partial charge in [-0.3, -0.25) is 4.79 Å². The highest BCUT2D eigenvalue weighted by molar-refractivity contribution is 7.83. The number of ether oxygens (including phenoxy) is 1. The quantitative estimate of drug-likeness (QED) is 0.857. The first kappa shape index (κ1) is 15.2. The first-order chi connectivity index (χ1) is 10.1. The Hall–Kier alpha value is -2.18. The fraction of sp³-hybridized carbons (Fsp3) is 0.133. The Morgan fingerprint density at radius 2 is 1.76 bits per heavy atom. The highest BCUT2D eigenvalue weighted by Crippen LogP contribution is 2.17. The van der Waals surface area contributed by atoms with Crippen molar-refractivity contribution in [2.24, 2.45) is 0 Å². The molecule has 0 aliphatic rings. The number of carboxylic acids is 1. The number of aliphatic carboxylic acids is 1. The van der Waals surface area contributed by atoms with E-state index < -0.39 is 23.0 Å². The van der Waals surface area contributed by atoms with E-state index in [1.54, 1.807) is 61.7 Å². The Morgan fingerprint density at radius 1 is 1.14 bits per heavy atom. The van der Waals surface area contributed by atoms with Crippen LogP contribution in [-0.2, 0) is 15.8 Å². The maximum Gasteiger partial charge on any atom is 0.326 e. The zero-order valence-electron chi connectivity index (χ0n) is 11.4. The minimum atomic E-state index is -1.63. The molecule has 0 aromatic heterocycles. The lowest BCUT2D eigenvalue weighted by Crippen LogP contribution is -2.30. The van der Waals surface area contributed by atoms with Crippen LogP contribution in [-0.4, -0.2) is 22.4 Å².